The Balaban J connectivity index is 2.22. The zero-order chi connectivity index (χ0) is 24.8. The average Bonchev–Trinajstić information content (AvgIpc) is 2.81. The second-order valence-electron chi connectivity index (χ2n) is 8.46. The van der Waals surface area contributed by atoms with Crippen LogP contribution in [0.25, 0.3) is 11.4 Å². The zero-order valence-electron chi connectivity index (χ0n) is 20.2. The second kappa shape index (κ2) is 14.8. The molecule has 0 spiro atoms. The number of phenolic OH excluding ortho intramolecular Hbond substituents is 1. The number of benzene rings is 1. The van der Waals surface area contributed by atoms with Crippen molar-refractivity contribution in [3.05, 3.63) is 36.2 Å². The molecule has 34 heavy (non-hydrogen) atoms. The molecule has 0 radical (unpaired) electrons. The van der Waals surface area contributed by atoms with Gasteiger partial charge in [-0.25, -0.2) is 9.97 Å². The number of aromatic hydroxyl groups is 1. The van der Waals surface area contributed by atoms with Crippen LogP contribution in [0.5, 0.6) is 11.5 Å². The van der Waals surface area contributed by atoms with Gasteiger partial charge in [0, 0.05) is 12.2 Å². The van der Waals surface area contributed by atoms with Crippen molar-refractivity contribution < 1.29 is 27.8 Å². The molecule has 5 nitrogen and oxygen atoms in total. The topological polar surface area (TPSA) is 64.5 Å². The van der Waals surface area contributed by atoms with Gasteiger partial charge in [-0.05, 0) is 37.1 Å². The van der Waals surface area contributed by atoms with Crippen LogP contribution in [0.3, 0.4) is 0 Å². The fraction of sp³-hybridized carbons (Fsp3) is 0.615. The SMILES string of the molecule is CCCCCCCCOc1cnc(-c2ccc(O)cc2)nc1C(OCCCCCC)C(F)(F)F. The van der Waals surface area contributed by atoms with Crippen molar-refractivity contribution in [1.29, 1.82) is 0 Å². The van der Waals surface area contributed by atoms with Crippen LogP contribution in [-0.2, 0) is 4.74 Å². The molecular formula is C26H37F3N2O3. The van der Waals surface area contributed by atoms with E-state index in [0.29, 0.717) is 18.6 Å². The third kappa shape index (κ3) is 9.49. The molecule has 1 aromatic heterocycles. The standard InChI is InChI=1S/C26H37F3N2O3/c1-3-5-7-9-10-12-17-33-22-19-30-25(20-13-15-21(32)16-14-20)31-23(22)24(26(27,28)29)34-18-11-8-6-4-2/h13-16,19,24,32H,3-12,17-18H2,1-2H3. The maximum absolute atomic E-state index is 14.0. The van der Waals surface area contributed by atoms with Gasteiger partial charge in [-0.2, -0.15) is 13.2 Å². The first kappa shape index (κ1) is 27.9. The first-order valence-corrected chi connectivity index (χ1v) is 12.3. The fourth-order valence-corrected chi connectivity index (χ4v) is 3.56. The van der Waals surface area contributed by atoms with Crippen molar-refractivity contribution in [2.75, 3.05) is 13.2 Å². The molecule has 8 heteroatoms. The molecule has 1 N–H and O–H groups in total. The highest BCUT2D eigenvalue weighted by molar-refractivity contribution is 5.57. The molecule has 0 aliphatic heterocycles. The van der Waals surface area contributed by atoms with Gasteiger partial charge < -0.3 is 14.6 Å². The Morgan fingerprint density at radius 3 is 2.09 bits per heavy atom. The van der Waals surface area contributed by atoms with Gasteiger partial charge in [0.25, 0.3) is 0 Å². The van der Waals surface area contributed by atoms with Gasteiger partial charge in [0.05, 0.1) is 12.8 Å². The van der Waals surface area contributed by atoms with Gasteiger partial charge in [0.1, 0.15) is 11.4 Å². The molecular weight excluding hydrogens is 445 g/mol. The summed E-state index contributed by atoms with van der Waals surface area (Å²) in [5, 5.41) is 9.51. The van der Waals surface area contributed by atoms with Crippen LogP contribution in [0, 0.1) is 0 Å². The minimum Gasteiger partial charge on any atom is -0.508 e. The molecule has 0 bridgehead atoms. The van der Waals surface area contributed by atoms with Crippen LogP contribution in [0.2, 0.25) is 0 Å². The van der Waals surface area contributed by atoms with E-state index in [0.717, 1.165) is 51.4 Å². The highest BCUT2D eigenvalue weighted by Gasteiger charge is 2.45. The minimum absolute atomic E-state index is 0.00744. The van der Waals surface area contributed by atoms with Crippen molar-refractivity contribution >= 4 is 0 Å². The lowest BCUT2D eigenvalue weighted by molar-refractivity contribution is -0.225. The molecule has 2 rings (SSSR count). The van der Waals surface area contributed by atoms with Crippen LogP contribution in [0.1, 0.15) is 89.9 Å². The number of aromatic nitrogens is 2. The van der Waals surface area contributed by atoms with Crippen LogP contribution in [-0.4, -0.2) is 34.5 Å². The monoisotopic (exact) mass is 482 g/mol. The average molecular weight is 483 g/mol. The van der Waals surface area contributed by atoms with Crippen LogP contribution in [0.4, 0.5) is 13.2 Å². The van der Waals surface area contributed by atoms with E-state index in [9.17, 15) is 18.3 Å². The number of hydrogen-bond acceptors (Lipinski definition) is 5. The lowest BCUT2D eigenvalue weighted by Crippen LogP contribution is -2.26. The fourth-order valence-electron chi connectivity index (χ4n) is 3.56. The van der Waals surface area contributed by atoms with E-state index in [2.05, 4.69) is 16.9 Å². The molecule has 0 aliphatic carbocycles. The van der Waals surface area contributed by atoms with Crippen molar-refractivity contribution in [1.82, 2.24) is 9.97 Å². The number of ether oxygens (including phenoxy) is 2. The quantitative estimate of drug-likeness (QED) is 0.247. The summed E-state index contributed by atoms with van der Waals surface area (Å²) in [6.07, 6.45) is 4.00. The molecule has 1 unspecified atom stereocenters. The Kier molecular flexibility index (Phi) is 12.2. The number of unbranched alkanes of at least 4 members (excludes halogenated alkanes) is 8. The molecule has 0 saturated carbocycles. The Morgan fingerprint density at radius 2 is 1.44 bits per heavy atom. The molecule has 190 valence electrons. The first-order chi connectivity index (χ1) is 16.4. The maximum atomic E-state index is 14.0. The summed E-state index contributed by atoms with van der Waals surface area (Å²) in [5.41, 5.74) is 0.178. The summed E-state index contributed by atoms with van der Waals surface area (Å²) in [4.78, 5) is 8.45. The van der Waals surface area contributed by atoms with Crippen LogP contribution >= 0.6 is 0 Å². The van der Waals surface area contributed by atoms with E-state index >= 15 is 0 Å². The van der Waals surface area contributed by atoms with Crippen molar-refractivity contribution in [3.63, 3.8) is 0 Å². The zero-order valence-corrected chi connectivity index (χ0v) is 20.2. The molecule has 1 atom stereocenters. The van der Waals surface area contributed by atoms with E-state index in [1.807, 2.05) is 6.92 Å². The number of phenols is 1. The third-order valence-corrected chi connectivity index (χ3v) is 5.49. The lowest BCUT2D eigenvalue weighted by atomic mass is 10.1. The van der Waals surface area contributed by atoms with Crippen LogP contribution < -0.4 is 4.74 Å². The molecule has 1 aromatic carbocycles. The van der Waals surface area contributed by atoms with E-state index in [-0.39, 0.29) is 29.6 Å². The molecule has 2 aromatic rings. The normalized spacial score (nSPS) is 12.6. The number of halogens is 3. The predicted molar refractivity (Wildman–Crippen MR) is 127 cm³/mol. The van der Waals surface area contributed by atoms with Gasteiger partial charge in [-0.3, -0.25) is 0 Å². The van der Waals surface area contributed by atoms with Gasteiger partial charge in [-0.15, -0.1) is 0 Å². The molecule has 0 aliphatic rings. The maximum Gasteiger partial charge on any atom is 0.420 e. The third-order valence-electron chi connectivity index (χ3n) is 5.49. The van der Waals surface area contributed by atoms with Crippen molar-refractivity contribution in [2.45, 2.75) is 90.3 Å². The Labute approximate surface area is 200 Å². The second-order valence-corrected chi connectivity index (χ2v) is 8.46. The predicted octanol–water partition coefficient (Wildman–Crippen LogP) is 7.79. The number of alkyl halides is 3. The summed E-state index contributed by atoms with van der Waals surface area (Å²) in [5.74, 6) is 0.157. The van der Waals surface area contributed by atoms with E-state index in [4.69, 9.17) is 9.47 Å². The first-order valence-electron chi connectivity index (χ1n) is 12.3. The molecule has 0 fully saturated rings. The smallest absolute Gasteiger partial charge is 0.420 e. The lowest BCUT2D eigenvalue weighted by Gasteiger charge is -2.23. The van der Waals surface area contributed by atoms with Gasteiger partial charge in [-0.1, -0.05) is 65.2 Å². The van der Waals surface area contributed by atoms with E-state index in [1.54, 1.807) is 12.1 Å². The largest absolute Gasteiger partial charge is 0.508 e. The highest BCUT2D eigenvalue weighted by Crippen LogP contribution is 2.39. The Morgan fingerprint density at radius 1 is 0.853 bits per heavy atom. The Bertz CT molecular complexity index is 829. The summed E-state index contributed by atoms with van der Waals surface area (Å²) in [7, 11) is 0. The minimum atomic E-state index is -4.65. The molecule has 0 saturated heterocycles. The highest BCUT2D eigenvalue weighted by atomic mass is 19.4. The van der Waals surface area contributed by atoms with Gasteiger partial charge in [0.2, 0.25) is 0 Å². The summed E-state index contributed by atoms with van der Waals surface area (Å²) >= 11 is 0. The van der Waals surface area contributed by atoms with Gasteiger partial charge in [0.15, 0.2) is 17.7 Å². The summed E-state index contributed by atoms with van der Waals surface area (Å²) in [6.45, 7) is 4.47. The summed E-state index contributed by atoms with van der Waals surface area (Å²) in [6, 6.07) is 5.98. The number of hydrogen-bond donors (Lipinski definition) is 1. The molecule has 0 amide bonds. The van der Waals surface area contributed by atoms with E-state index < -0.39 is 12.3 Å². The number of rotatable bonds is 16. The molecule has 1 heterocycles. The van der Waals surface area contributed by atoms with E-state index in [1.165, 1.54) is 24.8 Å². The van der Waals surface area contributed by atoms with Crippen LogP contribution in [0.15, 0.2) is 30.5 Å². The number of nitrogens with zero attached hydrogens (tertiary/aromatic N) is 2. The Hall–Kier alpha value is -2.35. The van der Waals surface area contributed by atoms with Gasteiger partial charge >= 0.3 is 6.18 Å². The summed E-state index contributed by atoms with van der Waals surface area (Å²) < 4.78 is 53.2. The van der Waals surface area contributed by atoms with Crippen molar-refractivity contribution in [2.24, 2.45) is 0 Å². The van der Waals surface area contributed by atoms with Crippen molar-refractivity contribution in [3.8, 4) is 22.9 Å².